The summed E-state index contributed by atoms with van der Waals surface area (Å²) in [6.45, 7) is 1.98. The predicted octanol–water partition coefficient (Wildman–Crippen LogP) is 2.62. The van der Waals surface area contributed by atoms with Crippen LogP contribution >= 0.6 is 0 Å². The fourth-order valence-corrected chi connectivity index (χ4v) is 2.90. The minimum atomic E-state index is -0.295. The van der Waals surface area contributed by atoms with Crippen molar-refractivity contribution in [3.8, 4) is 5.75 Å². The Kier molecular flexibility index (Phi) is 2.57. The van der Waals surface area contributed by atoms with E-state index in [4.69, 9.17) is 4.74 Å². The second-order valence-corrected chi connectivity index (χ2v) is 4.71. The third-order valence-corrected chi connectivity index (χ3v) is 3.75. The van der Waals surface area contributed by atoms with E-state index in [2.05, 4.69) is 10.2 Å². The van der Waals surface area contributed by atoms with Crippen molar-refractivity contribution in [1.82, 2.24) is 0 Å². The molecule has 1 aromatic carbocycles. The van der Waals surface area contributed by atoms with E-state index in [1.807, 2.05) is 6.07 Å². The van der Waals surface area contributed by atoms with Crippen molar-refractivity contribution in [2.24, 2.45) is 0 Å². The minimum Gasteiger partial charge on any atom is -0.494 e. The van der Waals surface area contributed by atoms with Gasteiger partial charge in [0.05, 0.1) is 18.5 Å². The van der Waals surface area contributed by atoms with Gasteiger partial charge in [0.25, 0.3) is 0 Å². The first-order valence-electron chi connectivity index (χ1n) is 6.17. The number of halogens is 1. The molecule has 0 radical (unpaired) electrons. The average Bonchev–Trinajstić information content (AvgIpc) is 2.72. The molecule has 1 N–H and O–H groups in total. The Morgan fingerprint density at radius 3 is 3.12 bits per heavy atom. The fourth-order valence-electron chi connectivity index (χ4n) is 2.90. The number of benzene rings is 1. The van der Waals surface area contributed by atoms with E-state index < -0.39 is 0 Å². The van der Waals surface area contributed by atoms with Crippen molar-refractivity contribution in [3.63, 3.8) is 0 Å². The first kappa shape index (κ1) is 10.7. The molecule has 92 valence electrons. The van der Waals surface area contributed by atoms with Crippen molar-refractivity contribution in [2.75, 3.05) is 30.4 Å². The van der Waals surface area contributed by atoms with Crippen molar-refractivity contribution in [3.05, 3.63) is 17.9 Å². The van der Waals surface area contributed by atoms with Crippen LogP contribution in [0.3, 0.4) is 0 Å². The molecule has 1 saturated heterocycles. The molecule has 4 heteroatoms. The SMILES string of the molecule is COc1cc2c(cc1F)NCCC1CCCN21. The van der Waals surface area contributed by atoms with Gasteiger partial charge in [0, 0.05) is 31.3 Å². The van der Waals surface area contributed by atoms with Gasteiger partial charge in [-0.3, -0.25) is 0 Å². The number of ether oxygens (including phenoxy) is 1. The van der Waals surface area contributed by atoms with Gasteiger partial charge in [-0.2, -0.15) is 0 Å². The Hall–Kier alpha value is -1.45. The second-order valence-electron chi connectivity index (χ2n) is 4.71. The lowest BCUT2D eigenvalue weighted by Gasteiger charge is -2.25. The van der Waals surface area contributed by atoms with Crippen LogP contribution in [-0.4, -0.2) is 26.2 Å². The molecule has 0 saturated carbocycles. The third-order valence-electron chi connectivity index (χ3n) is 3.75. The highest BCUT2D eigenvalue weighted by Crippen LogP contribution is 2.39. The Balaban J connectivity index is 2.07. The number of hydrogen-bond acceptors (Lipinski definition) is 3. The zero-order valence-electron chi connectivity index (χ0n) is 10.0. The molecule has 17 heavy (non-hydrogen) atoms. The number of nitrogens with one attached hydrogen (secondary N) is 1. The third kappa shape index (κ3) is 1.72. The van der Waals surface area contributed by atoms with Crippen molar-refractivity contribution >= 4 is 11.4 Å². The Morgan fingerprint density at radius 2 is 2.29 bits per heavy atom. The van der Waals surface area contributed by atoms with Gasteiger partial charge in [-0.05, 0) is 19.3 Å². The van der Waals surface area contributed by atoms with Gasteiger partial charge in [0.1, 0.15) is 0 Å². The molecule has 2 aliphatic rings. The summed E-state index contributed by atoms with van der Waals surface area (Å²) in [6, 6.07) is 3.97. The molecule has 2 heterocycles. The summed E-state index contributed by atoms with van der Waals surface area (Å²) in [4.78, 5) is 2.39. The van der Waals surface area contributed by atoms with E-state index in [1.165, 1.54) is 20.0 Å². The molecule has 2 aliphatic heterocycles. The first-order valence-corrected chi connectivity index (χ1v) is 6.17. The van der Waals surface area contributed by atoms with E-state index in [0.717, 1.165) is 30.9 Å². The van der Waals surface area contributed by atoms with Crippen molar-refractivity contribution < 1.29 is 9.13 Å². The molecule has 0 spiro atoms. The van der Waals surface area contributed by atoms with Gasteiger partial charge in [0.15, 0.2) is 11.6 Å². The number of anilines is 2. The van der Waals surface area contributed by atoms with Crippen LogP contribution in [0.2, 0.25) is 0 Å². The summed E-state index contributed by atoms with van der Waals surface area (Å²) < 4.78 is 18.7. The standard InChI is InChI=1S/C13H17FN2O/c1-17-13-8-12-11(7-10(13)14)15-5-4-9-3-2-6-16(9)12/h7-9,15H,2-6H2,1H3. The van der Waals surface area contributed by atoms with Crippen LogP contribution in [0.4, 0.5) is 15.8 Å². The van der Waals surface area contributed by atoms with E-state index in [0.29, 0.717) is 11.8 Å². The van der Waals surface area contributed by atoms with E-state index in [1.54, 1.807) is 6.07 Å². The lowest BCUT2D eigenvalue weighted by molar-refractivity contribution is 0.386. The quantitative estimate of drug-likeness (QED) is 0.811. The topological polar surface area (TPSA) is 24.5 Å². The van der Waals surface area contributed by atoms with Crippen LogP contribution in [0.5, 0.6) is 5.75 Å². The van der Waals surface area contributed by atoms with Crippen LogP contribution in [0, 0.1) is 5.82 Å². The zero-order chi connectivity index (χ0) is 11.8. The summed E-state index contributed by atoms with van der Waals surface area (Å²) in [5, 5.41) is 3.31. The maximum absolute atomic E-state index is 13.7. The maximum Gasteiger partial charge on any atom is 0.167 e. The number of hydrogen-bond donors (Lipinski definition) is 1. The van der Waals surface area contributed by atoms with Gasteiger partial charge in [0.2, 0.25) is 0 Å². The van der Waals surface area contributed by atoms with Crippen molar-refractivity contribution in [2.45, 2.75) is 25.3 Å². The van der Waals surface area contributed by atoms with Gasteiger partial charge >= 0.3 is 0 Å². The summed E-state index contributed by atoms with van der Waals surface area (Å²) in [6.07, 6.45) is 3.59. The molecule has 1 unspecified atom stereocenters. The lowest BCUT2D eigenvalue weighted by Crippen LogP contribution is -2.28. The normalized spacial score (nSPS) is 22.5. The highest BCUT2D eigenvalue weighted by atomic mass is 19.1. The molecule has 0 amide bonds. The highest BCUT2D eigenvalue weighted by molar-refractivity contribution is 5.74. The molecule has 3 nitrogen and oxygen atoms in total. The first-order chi connectivity index (χ1) is 8.29. The summed E-state index contributed by atoms with van der Waals surface area (Å²) in [5.41, 5.74) is 1.98. The monoisotopic (exact) mass is 236 g/mol. The molecule has 3 rings (SSSR count). The van der Waals surface area contributed by atoms with Crippen LogP contribution in [0.1, 0.15) is 19.3 Å². The molecule has 1 aromatic rings. The average molecular weight is 236 g/mol. The molecular weight excluding hydrogens is 219 g/mol. The smallest absolute Gasteiger partial charge is 0.167 e. The Bertz CT molecular complexity index is 436. The minimum absolute atomic E-state index is 0.295. The van der Waals surface area contributed by atoms with Gasteiger partial charge in [-0.1, -0.05) is 0 Å². The van der Waals surface area contributed by atoms with Crippen LogP contribution in [0.25, 0.3) is 0 Å². The second kappa shape index (κ2) is 4.09. The van der Waals surface area contributed by atoms with Crippen molar-refractivity contribution in [1.29, 1.82) is 0 Å². The number of rotatable bonds is 1. The fraction of sp³-hybridized carbons (Fsp3) is 0.538. The molecule has 0 aliphatic carbocycles. The predicted molar refractivity (Wildman–Crippen MR) is 66.4 cm³/mol. The molecular formula is C13H17FN2O. The van der Waals surface area contributed by atoms with Gasteiger partial charge in [-0.25, -0.2) is 4.39 Å². The zero-order valence-corrected chi connectivity index (χ0v) is 10.0. The van der Waals surface area contributed by atoms with E-state index in [9.17, 15) is 4.39 Å². The largest absolute Gasteiger partial charge is 0.494 e. The van der Waals surface area contributed by atoms with Crippen LogP contribution in [-0.2, 0) is 0 Å². The van der Waals surface area contributed by atoms with Gasteiger partial charge in [-0.15, -0.1) is 0 Å². The Morgan fingerprint density at radius 1 is 1.41 bits per heavy atom. The summed E-state index contributed by atoms with van der Waals surface area (Å²) in [5.74, 6) is 0.0366. The van der Waals surface area contributed by atoms with Crippen LogP contribution < -0.4 is 15.0 Å². The maximum atomic E-state index is 13.7. The number of fused-ring (bicyclic) bond motifs is 3. The molecule has 1 fully saturated rings. The van der Waals surface area contributed by atoms with Gasteiger partial charge < -0.3 is 15.0 Å². The molecule has 1 atom stereocenters. The molecule has 0 aromatic heterocycles. The number of nitrogens with zero attached hydrogens (tertiary/aromatic N) is 1. The van der Waals surface area contributed by atoms with Crippen LogP contribution in [0.15, 0.2) is 12.1 Å². The number of methoxy groups -OCH3 is 1. The lowest BCUT2D eigenvalue weighted by atomic mass is 10.1. The Labute approximate surface area is 101 Å². The summed E-state index contributed by atoms with van der Waals surface area (Å²) >= 11 is 0. The van der Waals surface area contributed by atoms with E-state index >= 15 is 0 Å². The molecule has 0 bridgehead atoms. The summed E-state index contributed by atoms with van der Waals surface area (Å²) in [7, 11) is 1.51. The van der Waals surface area contributed by atoms with E-state index in [-0.39, 0.29) is 5.82 Å². The highest BCUT2D eigenvalue weighted by Gasteiger charge is 2.29.